The van der Waals surface area contributed by atoms with Gasteiger partial charge in [-0.25, -0.2) is 22.0 Å². The van der Waals surface area contributed by atoms with E-state index in [0.29, 0.717) is 13.2 Å². The molecule has 0 N–H and O–H groups in total. The fourth-order valence-corrected chi connectivity index (χ4v) is 4.42. The van der Waals surface area contributed by atoms with Gasteiger partial charge in [-0.15, -0.1) is 0 Å². The number of hydrogen-bond donors (Lipinski definition) is 0. The molecule has 2 aromatic rings. The summed E-state index contributed by atoms with van der Waals surface area (Å²) in [4.78, 5) is 0. The zero-order chi connectivity index (χ0) is 25.3. The molecule has 2 nitrogen and oxygen atoms in total. The van der Waals surface area contributed by atoms with E-state index in [4.69, 9.17) is 9.47 Å². The molecule has 0 aliphatic heterocycles. The minimum absolute atomic E-state index is 0.0932. The van der Waals surface area contributed by atoms with Crippen LogP contribution < -0.4 is 0 Å². The van der Waals surface area contributed by atoms with Gasteiger partial charge in [-0.1, -0.05) is 69.7 Å². The number of unbranched alkanes of at least 4 members (excludes halogenated alkanes) is 5. The maximum Gasteiger partial charge on any atom is 0.200 e. The molecule has 0 fully saturated rings. The first-order chi connectivity index (χ1) is 16.2. The van der Waals surface area contributed by atoms with Crippen LogP contribution in [0.4, 0.5) is 22.0 Å². The van der Waals surface area contributed by atoms with E-state index in [2.05, 4.69) is 6.92 Å². The SMILES string of the molecule is CCCCCCCCC(c1ccc(-c2c(F)c(F)c(F)c(F)c2F)cc1)C(C)(OCC)OCC. The van der Waals surface area contributed by atoms with Gasteiger partial charge < -0.3 is 9.47 Å². The second kappa shape index (κ2) is 13.2. The highest BCUT2D eigenvalue weighted by atomic mass is 19.2. The highest BCUT2D eigenvalue weighted by Crippen LogP contribution is 2.39. The second-order valence-electron chi connectivity index (χ2n) is 8.56. The quantitative estimate of drug-likeness (QED) is 0.0874. The normalized spacial score (nSPS) is 12.9. The van der Waals surface area contributed by atoms with Crippen LogP contribution in [0.3, 0.4) is 0 Å². The van der Waals surface area contributed by atoms with E-state index in [1.54, 1.807) is 12.1 Å². The first kappa shape index (κ1) is 28.2. The summed E-state index contributed by atoms with van der Waals surface area (Å²) >= 11 is 0. The smallest absolute Gasteiger partial charge is 0.200 e. The Kier molecular flexibility index (Phi) is 11.0. The summed E-state index contributed by atoms with van der Waals surface area (Å²) in [6.45, 7) is 8.68. The van der Waals surface area contributed by atoms with Crippen molar-refractivity contribution in [2.45, 2.75) is 84.3 Å². The van der Waals surface area contributed by atoms with Crippen LogP contribution in [0.1, 0.15) is 84.1 Å². The second-order valence-corrected chi connectivity index (χ2v) is 8.56. The molecule has 2 rings (SSSR count). The van der Waals surface area contributed by atoms with Crippen molar-refractivity contribution in [1.29, 1.82) is 0 Å². The van der Waals surface area contributed by atoms with E-state index in [9.17, 15) is 22.0 Å². The Morgan fingerprint density at radius 1 is 0.676 bits per heavy atom. The minimum atomic E-state index is -2.17. The molecular formula is C27H35F5O2. The monoisotopic (exact) mass is 486 g/mol. The average molecular weight is 487 g/mol. The molecule has 190 valence electrons. The summed E-state index contributed by atoms with van der Waals surface area (Å²) in [5.41, 5.74) is -0.220. The molecule has 7 heteroatoms. The molecule has 0 aromatic heterocycles. The van der Waals surface area contributed by atoms with Crippen molar-refractivity contribution >= 4 is 0 Å². The molecule has 2 aromatic carbocycles. The van der Waals surface area contributed by atoms with Crippen LogP contribution in [0.2, 0.25) is 0 Å². The van der Waals surface area contributed by atoms with Crippen molar-refractivity contribution in [2.75, 3.05) is 13.2 Å². The summed E-state index contributed by atoms with van der Waals surface area (Å²) in [5.74, 6) is -10.9. The Hall–Kier alpha value is -1.99. The molecule has 0 saturated carbocycles. The number of benzene rings is 2. The summed E-state index contributed by atoms with van der Waals surface area (Å²) in [6, 6.07) is 6.04. The molecule has 0 radical (unpaired) electrons. The van der Waals surface area contributed by atoms with Crippen LogP contribution >= 0.6 is 0 Å². The topological polar surface area (TPSA) is 18.5 Å². The predicted molar refractivity (Wildman–Crippen MR) is 124 cm³/mol. The Morgan fingerprint density at radius 3 is 1.65 bits per heavy atom. The molecule has 1 atom stereocenters. The third kappa shape index (κ3) is 6.57. The van der Waals surface area contributed by atoms with Crippen LogP contribution in [-0.4, -0.2) is 19.0 Å². The summed E-state index contributed by atoms with van der Waals surface area (Å²) in [5, 5.41) is 0. The lowest BCUT2D eigenvalue weighted by Gasteiger charge is -2.37. The lowest BCUT2D eigenvalue weighted by molar-refractivity contribution is -0.236. The Morgan fingerprint density at radius 2 is 1.15 bits per heavy atom. The molecule has 0 spiro atoms. The zero-order valence-electron chi connectivity index (χ0n) is 20.5. The molecule has 0 amide bonds. The van der Waals surface area contributed by atoms with Crippen molar-refractivity contribution in [3.8, 4) is 11.1 Å². The van der Waals surface area contributed by atoms with Gasteiger partial charge in [0, 0.05) is 19.1 Å². The first-order valence-corrected chi connectivity index (χ1v) is 12.1. The van der Waals surface area contributed by atoms with Gasteiger partial charge in [-0.2, -0.15) is 0 Å². The first-order valence-electron chi connectivity index (χ1n) is 12.1. The highest BCUT2D eigenvalue weighted by molar-refractivity contribution is 5.65. The van der Waals surface area contributed by atoms with Gasteiger partial charge in [0.1, 0.15) is 0 Å². The molecular weight excluding hydrogens is 451 g/mol. The van der Waals surface area contributed by atoms with Crippen molar-refractivity contribution in [3.05, 3.63) is 58.9 Å². The fraction of sp³-hybridized carbons (Fsp3) is 0.556. The van der Waals surface area contributed by atoms with Crippen molar-refractivity contribution in [3.63, 3.8) is 0 Å². The third-order valence-corrected chi connectivity index (χ3v) is 6.15. The van der Waals surface area contributed by atoms with E-state index in [1.165, 1.54) is 31.4 Å². The van der Waals surface area contributed by atoms with Gasteiger partial charge in [0.25, 0.3) is 0 Å². The molecule has 0 saturated heterocycles. The molecule has 0 aliphatic rings. The lowest BCUT2D eigenvalue weighted by atomic mass is 9.85. The number of rotatable bonds is 14. The van der Waals surface area contributed by atoms with Gasteiger partial charge in [0.15, 0.2) is 29.1 Å². The van der Waals surface area contributed by atoms with E-state index < -0.39 is 40.4 Å². The summed E-state index contributed by atoms with van der Waals surface area (Å²) in [7, 11) is 0. The van der Waals surface area contributed by atoms with Gasteiger partial charge in [-0.3, -0.25) is 0 Å². The third-order valence-electron chi connectivity index (χ3n) is 6.15. The number of ether oxygens (including phenoxy) is 2. The minimum Gasteiger partial charge on any atom is -0.350 e. The summed E-state index contributed by atoms with van der Waals surface area (Å²) in [6.07, 6.45) is 7.48. The molecule has 0 heterocycles. The molecule has 0 bridgehead atoms. The van der Waals surface area contributed by atoms with Crippen LogP contribution in [0, 0.1) is 29.1 Å². The van der Waals surface area contributed by atoms with Crippen LogP contribution in [0.5, 0.6) is 0 Å². The van der Waals surface area contributed by atoms with Crippen LogP contribution in [0.25, 0.3) is 11.1 Å². The van der Waals surface area contributed by atoms with Crippen LogP contribution in [-0.2, 0) is 9.47 Å². The van der Waals surface area contributed by atoms with E-state index in [0.717, 1.165) is 31.2 Å². The lowest BCUT2D eigenvalue weighted by Crippen LogP contribution is -2.39. The maximum atomic E-state index is 14.3. The van der Waals surface area contributed by atoms with Gasteiger partial charge in [-0.05, 0) is 38.3 Å². The van der Waals surface area contributed by atoms with E-state index in [1.807, 2.05) is 20.8 Å². The van der Waals surface area contributed by atoms with Crippen molar-refractivity contribution in [1.82, 2.24) is 0 Å². The van der Waals surface area contributed by atoms with Gasteiger partial charge in [0.05, 0.1) is 5.56 Å². The zero-order valence-corrected chi connectivity index (χ0v) is 20.5. The van der Waals surface area contributed by atoms with Crippen molar-refractivity contribution in [2.24, 2.45) is 0 Å². The van der Waals surface area contributed by atoms with Crippen molar-refractivity contribution < 1.29 is 31.4 Å². The fourth-order valence-electron chi connectivity index (χ4n) is 4.42. The van der Waals surface area contributed by atoms with Gasteiger partial charge >= 0.3 is 0 Å². The molecule has 34 heavy (non-hydrogen) atoms. The predicted octanol–water partition coefficient (Wildman–Crippen LogP) is 8.67. The largest absolute Gasteiger partial charge is 0.350 e. The highest BCUT2D eigenvalue weighted by Gasteiger charge is 2.36. The van der Waals surface area contributed by atoms with E-state index in [-0.39, 0.29) is 11.5 Å². The van der Waals surface area contributed by atoms with Gasteiger partial charge in [0.2, 0.25) is 5.82 Å². The number of hydrogen-bond acceptors (Lipinski definition) is 2. The standard InChI is InChI=1S/C27H35F5O2/c1-5-8-9-10-11-12-13-20(27(4,33-6-2)34-7-3)18-14-16-19(17-15-18)21-22(28)24(30)26(32)25(31)23(21)29/h14-17,20H,5-13H2,1-4H3. The Bertz CT molecular complexity index is 879. The summed E-state index contributed by atoms with van der Waals surface area (Å²) < 4.78 is 81.3. The van der Waals surface area contributed by atoms with E-state index >= 15 is 0 Å². The average Bonchev–Trinajstić information content (AvgIpc) is 2.82. The molecule has 1 unspecified atom stereocenters. The Labute approximate surface area is 199 Å². The van der Waals surface area contributed by atoms with Crippen LogP contribution in [0.15, 0.2) is 24.3 Å². The Balaban J connectivity index is 2.37. The maximum absolute atomic E-state index is 14.3. The number of halogens is 5. The molecule has 0 aliphatic carbocycles.